The first kappa shape index (κ1) is 27.2. The lowest BCUT2D eigenvalue weighted by Gasteiger charge is -2.21. The number of ether oxygens (including phenoxy) is 3. The van der Waals surface area contributed by atoms with E-state index in [2.05, 4.69) is 25.4 Å². The number of carboxylic acids is 1. The summed E-state index contributed by atoms with van der Waals surface area (Å²) in [6.45, 7) is 4.66. The number of hydrogen-bond acceptors (Lipinski definition) is 12. The zero-order chi connectivity index (χ0) is 27.4. The number of anilines is 4. The predicted molar refractivity (Wildman–Crippen MR) is 147 cm³/mol. The number of nitrogens with one attached hydrogen (secondary N) is 2. The van der Waals surface area contributed by atoms with Crippen molar-refractivity contribution >= 4 is 40.0 Å². The number of fused-ring (bicyclic) bond motifs is 1. The Bertz CT molecular complexity index is 1290. The Morgan fingerprint density at radius 1 is 1.13 bits per heavy atom. The Morgan fingerprint density at radius 2 is 1.84 bits per heavy atom. The maximum absolute atomic E-state index is 11.5. The molecular weight excluding hydrogens is 510 g/mol. The quantitative estimate of drug-likeness (QED) is 0.309. The summed E-state index contributed by atoms with van der Waals surface area (Å²) >= 11 is 1.06. The third-order valence-electron chi connectivity index (χ3n) is 6.13. The molecule has 0 bridgehead atoms. The van der Waals surface area contributed by atoms with Gasteiger partial charge in [0.1, 0.15) is 16.5 Å². The first-order valence-corrected chi connectivity index (χ1v) is 12.9. The Hall–Kier alpha value is -3.84. The smallest absolute Gasteiger partial charge is 0.347 e. The van der Waals surface area contributed by atoms with Gasteiger partial charge in [0.25, 0.3) is 0 Å². The maximum atomic E-state index is 11.5. The zero-order valence-electron chi connectivity index (χ0n) is 22.4. The van der Waals surface area contributed by atoms with Crippen LogP contribution >= 0.6 is 11.3 Å². The highest BCUT2D eigenvalue weighted by molar-refractivity contribution is 7.17. The van der Waals surface area contributed by atoms with Crippen molar-refractivity contribution in [2.24, 2.45) is 0 Å². The maximum Gasteiger partial charge on any atom is 0.347 e. The fourth-order valence-corrected chi connectivity index (χ4v) is 5.02. The topological polar surface area (TPSA) is 134 Å². The monoisotopic (exact) mass is 543 g/mol. The summed E-state index contributed by atoms with van der Waals surface area (Å²) in [4.78, 5) is 29.9. The molecule has 38 heavy (non-hydrogen) atoms. The molecule has 3 N–H and O–H groups in total. The van der Waals surface area contributed by atoms with Gasteiger partial charge in [0, 0.05) is 31.7 Å². The number of nitrogens with zero attached hydrogens (tertiary/aromatic N) is 5. The normalized spacial score (nSPS) is 12.4. The van der Waals surface area contributed by atoms with Gasteiger partial charge in [-0.15, -0.1) is 0 Å². The first-order valence-electron chi connectivity index (χ1n) is 12.0. The largest absolute Gasteiger partial charge is 0.493 e. The number of aromatic carboxylic acids is 1. The van der Waals surface area contributed by atoms with Crippen LogP contribution in [0, 0.1) is 6.92 Å². The number of likely N-dealkylation sites (N-methyl/N-ethyl adjacent to an activating group) is 1. The van der Waals surface area contributed by atoms with E-state index in [4.69, 9.17) is 24.2 Å². The standard InChI is InChI=1S/C25H33N7O5S/c1-14-20(23(33)34)38-25(27-14)30-24-28-21(16-7-8-32(22(16)29-24)10-9-31(2)3)26-13-15-11-17(35-4)19(37-6)18(12-15)36-5/h11-12H,7-10,13H2,1-6H3,(H,33,34)(H2,26,27,28,29,30). The van der Waals surface area contributed by atoms with Gasteiger partial charge < -0.3 is 34.4 Å². The van der Waals surface area contributed by atoms with E-state index >= 15 is 0 Å². The highest BCUT2D eigenvalue weighted by atomic mass is 32.1. The fourth-order valence-electron chi connectivity index (χ4n) is 4.22. The summed E-state index contributed by atoms with van der Waals surface area (Å²) < 4.78 is 16.4. The molecule has 0 saturated carbocycles. The van der Waals surface area contributed by atoms with Crippen molar-refractivity contribution in [2.75, 3.05) is 70.6 Å². The van der Waals surface area contributed by atoms with Crippen LogP contribution in [0.1, 0.15) is 26.5 Å². The average Bonchev–Trinajstić information content (AvgIpc) is 3.48. The molecule has 3 heterocycles. The van der Waals surface area contributed by atoms with Crippen LogP contribution in [0.4, 0.5) is 22.7 Å². The molecule has 1 aromatic carbocycles. The van der Waals surface area contributed by atoms with E-state index in [9.17, 15) is 9.90 Å². The van der Waals surface area contributed by atoms with E-state index in [1.807, 2.05) is 26.2 Å². The third-order valence-corrected chi connectivity index (χ3v) is 7.19. The summed E-state index contributed by atoms with van der Waals surface area (Å²) in [5.41, 5.74) is 2.40. The van der Waals surface area contributed by atoms with Crippen molar-refractivity contribution in [3.63, 3.8) is 0 Å². The van der Waals surface area contributed by atoms with Crippen LogP contribution < -0.4 is 29.7 Å². The molecule has 0 aliphatic carbocycles. The zero-order valence-corrected chi connectivity index (χ0v) is 23.2. The predicted octanol–water partition coefficient (Wildman–Crippen LogP) is 3.25. The molecule has 3 aromatic rings. The molecule has 1 aliphatic heterocycles. The summed E-state index contributed by atoms with van der Waals surface area (Å²) in [5, 5.41) is 16.4. The van der Waals surface area contributed by atoms with Crippen LogP contribution in [0.15, 0.2) is 12.1 Å². The van der Waals surface area contributed by atoms with E-state index in [0.717, 1.165) is 54.3 Å². The molecule has 13 heteroatoms. The molecule has 2 aromatic heterocycles. The van der Waals surface area contributed by atoms with Gasteiger partial charge in [-0.3, -0.25) is 5.32 Å². The third kappa shape index (κ3) is 5.83. The minimum atomic E-state index is -1.01. The van der Waals surface area contributed by atoms with Crippen LogP contribution in [0.2, 0.25) is 0 Å². The second kappa shape index (κ2) is 11.7. The summed E-state index contributed by atoms with van der Waals surface area (Å²) in [6, 6.07) is 3.79. The summed E-state index contributed by atoms with van der Waals surface area (Å²) in [5.74, 6) is 2.56. The number of aromatic nitrogens is 3. The average molecular weight is 544 g/mol. The number of carbonyl (C=O) groups is 1. The number of thiazole rings is 1. The summed E-state index contributed by atoms with van der Waals surface area (Å²) in [6.07, 6.45) is 0.806. The van der Waals surface area contributed by atoms with Gasteiger partial charge in [-0.1, -0.05) is 11.3 Å². The fraction of sp³-hybridized carbons (Fsp3) is 0.440. The highest BCUT2D eigenvalue weighted by Gasteiger charge is 2.26. The molecular formula is C25H33N7O5S. The molecule has 0 atom stereocenters. The Labute approximate surface area is 225 Å². The molecule has 1 aliphatic rings. The van der Waals surface area contributed by atoms with E-state index < -0.39 is 5.97 Å². The number of aryl methyl sites for hydroxylation is 1. The Balaban J connectivity index is 1.65. The number of benzene rings is 1. The van der Waals surface area contributed by atoms with Crippen molar-refractivity contribution in [2.45, 2.75) is 19.9 Å². The number of methoxy groups -OCH3 is 3. The molecule has 0 amide bonds. The molecule has 0 spiro atoms. The van der Waals surface area contributed by atoms with Crippen LogP contribution in [0.3, 0.4) is 0 Å². The molecule has 204 valence electrons. The van der Waals surface area contributed by atoms with Crippen LogP contribution in [-0.2, 0) is 13.0 Å². The van der Waals surface area contributed by atoms with Crippen LogP contribution in [0.5, 0.6) is 17.2 Å². The van der Waals surface area contributed by atoms with Crippen LogP contribution in [0.25, 0.3) is 0 Å². The van der Waals surface area contributed by atoms with E-state index in [-0.39, 0.29) is 4.88 Å². The Kier molecular flexibility index (Phi) is 8.37. The van der Waals surface area contributed by atoms with Crippen molar-refractivity contribution < 1.29 is 24.1 Å². The van der Waals surface area contributed by atoms with Crippen LogP contribution in [-0.4, -0.2) is 86.0 Å². The highest BCUT2D eigenvalue weighted by Crippen LogP contribution is 2.39. The van der Waals surface area contributed by atoms with Crippen molar-refractivity contribution in [3.05, 3.63) is 33.8 Å². The lowest BCUT2D eigenvalue weighted by atomic mass is 10.1. The minimum absolute atomic E-state index is 0.182. The molecule has 4 rings (SSSR count). The number of carboxylic acid groups (broad SMARTS) is 1. The van der Waals surface area contributed by atoms with Gasteiger partial charge in [0.05, 0.1) is 27.0 Å². The first-order chi connectivity index (χ1) is 18.2. The molecule has 0 radical (unpaired) electrons. The van der Waals surface area contributed by atoms with Gasteiger partial charge in [-0.25, -0.2) is 9.78 Å². The van der Waals surface area contributed by atoms with E-state index in [1.54, 1.807) is 28.3 Å². The van der Waals surface area contributed by atoms with Crippen molar-refractivity contribution in [3.8, 4) is 17.2 Å². The molecule has 0 saturated heterocycles. The lowest BCUT2D eigenvalue weighted by Crippen LogP contribution is -2.30. The molecule has 0 unspecified atom stereocenters. The SMILES string of the molecule is COc1cc(CNc2nc(Nc3nc(C)c(C(=O)O)s3)nc3c2CCN3CCN(C)C)cc(OC)c1OC. The Morgan fingerprint density at radius 3 is 2.42 bits per heavy atom. The van der Waals surface area contributed by atoms with Gasteiger partial charge in [-0.2, -0.15) is 9.97 Å². The second-order valence-electron chi connectivity index (χ2n) is 8.99. The van der Waals surface area contributed by atoms with E-state index in [1.165, 1.54) is 0 Å². The summed E-state index contributed by atoms with van der Waals surface area (Å²) in [7, 11) is 8.82. The van der Waals surface area contributed by atoms with E-state index in [0.29, 0.717) is 46.4 Å². The lowest BCUT2D eigenvalue weighted by molar-refractivity contribution is 0.0701. The number of rotatable bonds is 12. The van der Waals surface area contributed by atoms with Gasteiger partial charge in [0.15, 0.2) is 16.6 Å². The van der Waals surface area contributed by atoms with Crippen molar-refractivity contribution in [1.29, 1.82) is 0 Å². The van der Waals surface area contributed by atoms with Gasteiger partial charge >= 0.3 is 5.97 Å². The number of hydrogen-bond donors (Lipinski definition) is 3. The molecule has 12 nitrogen and oxygen atoms in total. The van der Waals surface area contributed by atoms with Crippen molar-refractivity contribution in [1.82, 2.24) is 19.9 Å². The second-order valence-corrected chi connectivity index (χ2v) is 9.99. The minimum Gasteiger partial charge on any atom is -0.493 e. The van der Waals surface area contributed by atoms with Gasteiger partial charge in [0.2, 0.25) is 11.7 Å². The molecule has 0 fully saturated rings. The van der Waals surface area contributed by atoms with Gasteiger partial charge in [-0.05, 0) is 45.1 Å².